The third kappa shape index (κ3) is 121. The van der Waals surface area contributed by atoms with E-state index in [0.717, 1.165) is 6.92 Å². The van der Waals surface area contributed by atoms with Gasteiger partial charge < -0.3 is 43.9 Å². The SMILES string of the molecule is CC(=O)[O-].[Br-].[Br-].[In+3]. The van der Waals surface area contributed by atoms with Crippen molar-refractivity contribution in [2.45, 2.75) is 6.92 Å². The maximum atomic E-state index is 8.89. The van der Waals surface area contributed by atoms with Gasteiger partial charge in [-0.05, 0) is 6.92 Å². The minimum atomic E-state index is -1.08. The molecule has 7 heavy (non-hydrogen) atoms. The minimum Gasteiger partial charge on any atom is -1.00 e. The summed E-state index contributed by atoms with van der Waals surface area (Å²) in [7, 11) is 0. The molecule has 0 rings (SSSR count). The molecule has 0 amide bonds. The molecule has 0 N–H and O–H groups in total. The van der Waals surface area contributed by atoms with Crippen LogP contribution in [0, 0.1) is 0 Å². The number of aliphatic carboxylic acids is 1. The van der Waals surface area contributed by atoms with Gasteiger partial charge in [-0.1, -0.05) is 0 Å². The second-order valence-electron chi connectivity index (χ2n) is 0.492. The number of carboxylic acids is 1. The Morgan fingerprint density at radius 1 is 1.43 bits per heavy atom. The van der Waals surface area contributed by atoms with Crippen LogP contribution in [-0.4, -0.2) is 31.8 Å². The van der Waals surface area contributed by atoms with Gasteiger partial charge >= 0.3 is 25.8 Å². The van der Waals surface area contributed by atoms with Gasteiger partial charge in [-0.3, -0.25) is 0 Å². The average molecular weight is 334 g/mol. The van der Waals surface area contributed by atoms with E-state index in [9.17, 15) is 0 Å². The van der Waals surface area contributed by atoms with Crippen LogP contribution in [0.5, 0.6) is 0 Å². The largest absolute Gasteiger partial charge is 3.00 e. The molecule has 40 valence electrons. The second kappa shape index (κ2) is 15.7. The van der Waals surface area contributed by atoms with Gasteiger partial charge in [-0.2, -0.15) is 0 Å². The van der Waals surface area contributed by atoms with Gasteiger partial charge in [0.15, 0.2) is 0 Å². The maximum absolute atomic E-state index is 8.89. The zero-order chi connectivity index (χ0) is 3.58. The Morgan fingerprint density at radius 3 is 1.43 bits per heavy atom. The van der Waals surface area contributed by atoms with E-state index < -0.39 is 5.97 Å². The van der Waals surface area contributed by atoms with Gasteiger partial charge in [0.2, 0.25) is 0 Å². The van der Waals surface area contributed by atoms with E-state index in [1.165, 1.54) is 0 Å². The van der Waals surface area contributed by atoms with E-state index >= 15 is 0 Å². The zero-order valence-corrected chi connectivity index (χ0v) is 10.1. The van der Waals surface area contributed by atoms with Crippen LogP contribution in [-0.2, 0) is 4.79 Å². The Balaban J connectivity index is -0.0000000150. The Labute approximate surface area is 82.0 Å². The van der Waals surface area contributed by atoms with Gasteiger partial charge in [-0.25, -0.2) is 0 Å². The van der Waals surface area contributed by atoms with E-state index in [2.05, 4.69) is 0 Å². The van der Waals surface area contributed by atoms with E-state index in [0.29, 0.717) is 0 Å². The number of carbonyl (C=O) groups excluding carboxylic acids is 1. The maximum Gasteiger partial charge on any atom is 3.00 e. The van der Waals surface area contributed by atoms with Crippen LogP contribution >= 0.6 is 0 Å². The van der Waals surface area contributed by atoms with Crippen molar-refractivity contribution in [2.24, 2.45) is 0 Å². The molecular formula is C2H3Br2InO2. The fraction of sp³-hybridized carbons (Fsp3) is 0.500. The predicted molar refractivity (Wildman–Crippen MR) is 16.4 cm³/mol. The molecule has 0 unspecified atom stereocenters. The first kappa shape index (κ1) is 23.9. The number of hydrogen-bond acceptors (Lipinski definition) is 2. The normalized spacial score (nSPS) is 3.57. The summed E-state index contributed by atoms with van der Waals surface area (Å²) in [5, 5.41) is 8.89. The summed E-state index contributed by atoms with van der Waals surface area (Å²) in [5.41, 5.74) is 0. The van der Waals surface area contributed by atoms with Crippen molar-refractivity contribution >= 4 is 31.8 Å². The fourth-order valence-electron chi connectivity index (χ4n) is 0. The molecule has 5 heteroatoms. The third-order valence-electron chi connectivity index (χ3n) is 0. The number of hydrogen-bond donors (Lipinski definition) is 0. The topological polar surface area (TPSA) is 40.1 Å². The molecule has 0 heterocycles. The molecule has 0 radical (unpaired) electrons. The molecule has 0 atom stereocenters. The van der Waals surface area contributed by atoms with Gasteiger partial charge in [-0.15, -0.1) is 0 Å². The smallest absolute Gasteiger partial charge is 1.00 e. The van der Waals surface area contributed by atoms with E-state index in [1.807, 2.05) is 0 Å². The summed E-state index contributed by atoms with van der Waals surface area (Å²) in [6.07, 6.45) is 0. The summed E-state index contributed by atoms with van der Waals surface area (Å²) < 4.78 is 0. The summed E-state index contributed by atoms with van der Waals surface area (Å²) in [5.74, 6) is -1.08. The molecule has 0 aliphatic rings. The van der Waals surface area contributed by atoms with Crippen LogP contribution in [0.25, 0.3) is 0 Å². The third-order valence-corrected chi connectivity index (χ3v) is 0. The van der Waals surface area contributed by atoms with Crippen LogP contribution in [0.15, 0.2) is 0 Å². The molecule has 0 spiro atoms. The molecule has 2 nitrogen and oxygen atoms in total. The van der Waals surface area contributed by atoms with Gasteiger partial charge in [0.05, 0.1) is 0 Å². The minimum absolute atomic E-state index is 0. The summed E-state index contributed by atoms with van der Waals surface area (Å²) in [4.78, 5) is 8.89. The van der Waals surface area contributed by atoms with Crippen molar-refractivity contribution in [2.75, 3.05) is 0 Å². The number of halogens is 2. The van der Waals surface area contributed by atoms with Gasteiger partial charge in [0.1, 0.15) is 0 Å². The van der Waals surface area contributed by atoms with Crippen molar-refractivity contribution in [3.05, 3.63) is 0 Å². The molecule has 0 aromatic rings. The first-order valence-corrected chi connectivity index (χ1v) is 0.908. The summed E-state index contributed by atoms with van der Waals surface area (Å²) >= 11 is 0. The second-order valence-corrected chi connectivity index (χ2v) is 0.492. The number of rotatable bonds is 0. The van der Waals surface area contributed by atoms with Crippen molar-refractivity contribution in [3.63, 3.8) is 0 Å². The van der Waals surface area contributed by atoms with Crippen molar-refractivity contribution in [1.29, 1.82) is 0 Å². The van der Waals surface area contributed by atoms with Gasteiger partial charge in [0.25, 0.3) is 0 Å². The molecular weight excluding hydrogens is 331 g/mol. The molecule has 0 aromatic heterocycles. The molecule has 0 aliphatic carbocycles. The molecule has 0 aromatic carbocycles. The van der Waals surface area contributed by atoms with Crippen LogP contribution in [0.2, 0.25) is 0 Å². The summed E-state index contributed by atoms with van der Waals surface area (Å²) in [6.45, 7) is 0.972. The van der Waals surface area contributed by atoms with Crippen LogP contribution in [0.4, 0.5) is 0 Å². The molecule has 0 saturated carbocycles. The Kier molecular flexibility index (Phi) is 53.5. The zero-order valence-electron chi connectivity index (χ0n) is 3.65. The van der Waals surface area contributed by atoms with E-state index in [-0.39, 0.29) is 59.8 Å². The molecule has 0 saturated heterocycles. The number of carbonyl (C=O) groups is 1. The molecule has 0 aliphatic heterocycles. The van der Waals surface area contributed by atoms with Crippen LogP contribution < -0.4 is 39.1 Å². The standard InChI is InChI=1S/C2H4O2.2BrH.In/c1-2(3)4;;;/h1H3,(H,3,4);2*1H;/q;;;+3/p-3. The summed E-state index contributed by atoms with van der Waals surface area (Å²) in [6, 6.07) is 0. The van der Waals surface area contributed by atoms with Crippen molar-refractivity contribution in [1.82, 2.24) is 0 Å². The van der Waals surface area contributed by atoms with Crippen molar-refractivity contribution < 1.29 is 43.9 Å². The quantitative estimate of drug-likeness (QED) is 0.442. The van der Waals surface area contributed by atoms with Crippen molar-refractivity contribution in [3.8, 4) is 0 Å². The predicted octanol–water partition coefficient (Wildman–Crippen LogP) is -7.62. The fourth-order valence-corrected chi connectivity index (χ4v) is 0. The average Bonchev–Trinajstić information content (AvgIpc) is 0.811. The Morgan fingerprint density at radius 2 is 1.43 bits per heavy atom. The van der Waals surface area contributed by atoms with Gasteiger partial charge in [0, 0.05) is 5.97 Å². The molecule has 0 bridgehead atoms. The van der Waals surface area contributed by atoms with E-state index in [1.54, 1.807) is 0 Å². The van der Waals surface area contributed by atoms with Crippen LogP contribution in [0.3, 0.4) is 0 Å². The van der Waals surface area contributed by atoms with Crippen LogP contribution in [0.1, 0.15) is 6.92 Å². The first-order chi connectivity index (χ1) is 1.73. The Bertz CT molecular complexity index is 36.7. The first-order valence-electron chi connectivity index (χ1n) is 0.908. The Hall–Kier alpha value is 1.30. The monoisotopic (exact) mass is 332 g/mol. The van der Waals surface area contributed by atoms with E-state index in [4.69, 9.17) is 9.90 Å². The molecule has 0 fully saturated rings. The number of carboxylic acid groups (broad SMARTS) is 1.